The van der Waals surface area contributed by atoms with Crippen molar-refractivity contribution in [3.8, 4) is 6.07 Å². The lowest BCUT2D eigenvalue weighted by Gasteiger charge is -2.28. The topological polar surface area (TPSA) is 110 Å². The molecule has 1 aliphatic rings. The minimum absolute atomic E-state index is 0.162. The molecule has 1 aromatic heterocycles. The molecule has 0 radical (unpaired) electrons. The van der Waals surface area contributed by atoms with E-state index < -0.39 is 17.2 Å². The molecule has 0 amide bonds. The van der Waals surface area contributed by atoms with E-state index >= 15 is 0 Å². The van der Waals surface area contributed by atoms with Crippen LogP contribution < -0.4 is 11.1 Å². The Kier molecular flexibility index (Phi) is 3.41. The van der Waals surface area contributed by atoms with Crippen LogP contribution in [0, 0.1) is 11.3 Å². The quantitative estimate of drug-likeness (QED) is 0.686. The van der Waals surface area contributed by atoms with Gasteiger partial charge in [0.1, 0.15) is 0 Å². The number of rotatable bonds is 1. The summed E-state index contributed by atoms with van der Waals surface area (Å²) in [6, 6.07) is 7.21. The van der Waals surface area contributed by atoms with Crippen LogP contribution in [0.1, 0.15) is 34.6 Å². The van der Waals surface area contributed by atoms with Crippen molar-refractivity contribution in [1.82, 2.24) is 9.97 Å². The number of benzene rings is 1. The van der Waals surface area contributed by atoms with Gasteiger partial charge in [0, 0.05) is 16.8 Å². The van der Waals surface area contributed by atoms with E-state index in [2.05, 4.69) is 9.97 Å². The summed E-state index contributed by atoms with van der Waals surface area (Å²) in [7, 11) is 0. The summed E-state index contributed by atoms with van der Waals surface area (Å²) >= 11 is 1.49. The van der Waals surface area contributed by atoms with Crippen LogP contribution in [0.25, 0.3) is 0 Å². The van der Waals surface area contributed by atoms with E-state index in [9.17, 15) is 14.7 Å². The number of aliphatic hydroxyl groups is 1. The van der Waals surface area contributed by atoms with E-state index in [-0.39, 0.29) is 5.25 Å². The molecule has 106 valence electrons. The van der Waals surface area contributed by atoms with Crippen LogP contribution in [0.2, 0.25) is 0 Å². The summed E-state index contributed by atoms with van der Waals surface area (Å²) in [5.41, 5.74) is 0.400. The van der Waals surface area contributed by atoms with Gasteiger partial charge >= 0.3 is 11.1 Å². The molecule has 0 bridgehead atoms. The minimum Gasteiger partial charge on any atom is -0.388 e. The van der Waals surface area contributed by atoms with Crippen molar-refractivity contribution < 1.29 is 5.11 Å². The number of nitriles is 1. The Labute approximate surface area is 123 Å². The van der Waals surface area contributed by atoms with Crippen molar-refractivity contribution in [3.05, 3.63) is 61.9 Å². The average Bonchev–Trinajstić information content (AvgIpc) is 2.49. The molecular formula is C14H11N3O3S. The normalized spacial score (nSPS) is 20.6. The Morgan fingerprint density at radius 1 is 1.33 bits per heavy atom. The standard InChI is InChI=1S/C14H11N3O3S/c15-5-7-1-2-11-8(3-7)10(18)4-12(21-11)9-6-16-13(19)14(20)17-9/h1-3,6,10,12,18H,4H2,(H,16,19)(H,17,20). The van der Waals surface area contributed by atoms with Gasteiger partial charge in [-0.3, -0.25) is 9.59 Å². The van der Waals surface area contributed by atoms with Gasteiger partial charge in [0.15, 0.2) is 0 Å². The first kappa shape index (κ1) is 13.7. The van der Waals surface area contributed by atoms with Crippen LogP contribution in [-0.2, 0) is 0 Å². The van der Waals surface area contributed by atoms with Crippen LogP contribution >= 0.6 is 11.8 Å². The van der Waals surface area contributed by atoms with Crippen LogP contribution in [0.4, 0.5) is 0 Å². The van der Waals surface area contributed by atoms with E-state index in [1.54, 1.807) is 18.2 Å². The van der Waals surface area contributed by atoms with Crippen molar-refractivity contribution in [2.75, 3.05) is 0 Å². The van der Waals surface area contributed by atoms with Gasteiger partial charge in [-0.2, -0.15) is 5.26 Å². The SMILES string of the molecule is N#Cc1ccc2c(c1)C(O)CC(c1c[nH]c(=O)c(=O)[nH]1)S2. The molecule has 3 rings (SSSR count). The number of hydrogen-bond donors (Lipinski definition) is 3. The molecule has 0 saturated heterocycles. The summed E-state index contributed by atoms with van der Waals surface area (Å²) < 4.78 is 0. The average molecular weight is 301 g/mol. The number of aromatic amines is 2. The third-order valence-corrected chi connectivity index (χ3v) is 4.73. The molecule has 21 heavy (non-hydrogen) atoms. The molecule has 0 aliphatic carbocycles. The molecule has 3 N–H and O–H groups in total. The lowest BCUT2D eigenvalue weighted by molar-refractivity contribution is 0.161. The highest BCUT2D eigenvalue weighted by Gasteiger charge is 2.28. The van der Waals surface area contributed by atoms with E-state index in [0.717, 1.165) is 10.5 Å². The predicted molar refractivity (Wildman–Crippen MR) is 77.0 cm³/mol. The molecule has 7 heteroatoms. The molecule has 2 heterocycles. The predicted octanol–water partition coefficient (Wildman–Crippen LogP) is 1.21. The van der Waals surface area contributed by atoms with Crippen molar-refractivity contribution in [2.45, 2.75) is 22.7 Å². The van der Waals surface area contributed by atoms with E-state index in [1.807, 2.05) is 6.07 Å². The summed E-state index contributed by atoms with van der Waals surface area (Å²) in [6.07, 6.45) is 1.15. The molecule has 2 unspecified atom stereocenters. The van der Waals surface area contributed by atoms with E-state index in [4.69, 9.17) is 5.26 Å². The first-order valence-electron chi connectivity index (χ1n) is 6.29. The third kappa shape index (κ3) is 2.51. The number of nitrogens with one attached hydrogen (secondary N) is 2. The second kappa shape index (κ2) is 5.24. The Morgan fingerprint density at radius 2 is 2.14 bits per heavy atom. The number of thioether (sulfide) groups is 1. The number of fused-ring (bicyclic) bond motifs is 1. The maximum atomic E-state index is 11.4. The van der Waals surface area contributed by atoms with Gasteiger partial charge in [-0.05, 0) is 30.2 Å². The third-order valence-electron chi connectivity index (χ3n) is 3.37. The number of aromatic nitrogens is 2. The molecule has 0 fully saturated rings. The molecule has 6 nitrogen and oxygen atoms in total. The van der Waals surface area contributed by atoms with E-state index in [0.29, 0.717) is 17.7 Å². The molecule has 0 spiro atoms. The fourth-order valence-electron chi connectivity index (χ4n) is 2.31. The molecule has 1 aliphatic heterocycles. The first-order valence-corrected chi connectivity index (χ1v) is 7.17. The van der Waals surface area contributed by atoms with Gasteiger partial charge in [-0.25, -0.2) is 0 Å². The van der Waals surface area contributed by atoms with Crippen LogP contribution in [0.15, 0.2) is 38.9 Å². The smallest absolute Gasteiger partial charge is 0.313 e. The van der Waals surface area contributed by atoms with Gasteiger partial charge in [0.2, 0.25) is 0 Å². The monoisotopic (exact) mass is 301 g/mol. The second-order valence-electron chi connectivity index (χ2n) is 4.75. The van der Waals surface area contributed by atoms with Crippen molar-refractivity contribution >= 4 is 11.8 Å². The maximum absolute atomic E-state index is 11.4. The van der Waals surface area contributed by atoms with Crippen molar-refractivity contribution in [2.24, 2.45) is 0 Å². The highest BCUT2D eigenvalue weighted by Crippen LogP contribution is 2.48. The number of aliphatic hydroxyl groups excluding tert-OH is 1. The van der Waals surface area contributed by atoms with Gasteiger partial charge in [0.05, 0.1) is 23.0 Å². The number of nitrogens with zero attached hydrogens (tertiary/aromatic N) is 1. The molecule has 2 aromatic rings. The Bertz CT molecular complexity index is 850. The zero-order valence-corrected chi connectivity index (χ0v) is 11.6. The fraction of sp³-hybridized carbons (Fsp3) is 0.214. The highest BCUT2D eigenvalue weighted by atomic mass is 32.2. The van der Waals surface area contributed by atoms with Gasteiger partial charge in [0.25, 0.3) is 0 Å². The number of hydrogen-bond acceptors (Lipinski definition) is 5. The minimum atomic E-state index is -0.713. The molecule has 0 saturated carbocycles. The number of H-pyrrole nitrogens is 2. The van der Waals surface area contributed by atoms with Crippen LogP contribution in [-0.4, -0.2) is 15.1 Å². The van der Waals surface area contributed by atoms with E-state index in [1.165, 1.54) is 18.0 Å². The van der Waals surface area contributed by atoms with Crippen LogP contribution in [0.5, 0.6) is 0 Å². The Hall–Kier alpha value is -2.30. The van der Waals surface area contributed by atoms with Crippen molar-refractivity contribution in [1.29, 1.82) is 5.26 Å². The summed E-state index contributed by atoms with van der Waals surface area (Å²) in [4.78, 5) is 28.3. The Balaban J connectivity index is 1.98. The fourth-order valence-corrected chi connectivity index (χ4v) is 3.63. The van der Waals surface area contributed by atoms with Crippen molar-refractivity contribution in [3.63, 3.8) is 0 Å². The van der Waals surface area contributed by atoms with Gasteiger partial charge < -0.3 is 15.1 Å². The lowest BCUT2D eigenvalue weighted by atomic mass is 10.0. The Morgan fingerprint density at radius 3 is 2.86 bits per heavy atom. The second-order valence-corrected chi connectivity index (χ2v) is 5.99. The molecule has 2 atom stereocenters. The zero-order valence-electron chi connectivity index (χ0n) is 10.8. The zero-order chi connectivity index (χ0) is 15.0. The highest BCUT2D eigenvalue weighted by molar-refractivity contribution is 7.99. The van der Waals surface area contributed by atoms with Crippen LogP contribution in [0.3, 0.4) is 0 Å². The maximum Gasteiger partial charge on any atom is 0.313 e. The molecular weight excluding hydrogens is 290 g/mol. The summed E-state index contributed by atoms with van der Waals surface area (Å²) in [6.45, 7) is 0. The summed E-state index contributed by atoms with van der Waals surface area (Å²) in [5, 5.41) is 19.0. The van der Waals surface area contributed by atoms with Gasteiger partial charge in [-0.1, -0.05) is 0 Å². The summed E-state index contributed by atoms with van der Waals surface area (Å²) in [5.74, 6) is 0. The lowest BCUT2D eigenvalue weighted by Crippen LogP contribution is -2.30. The largest absolute Gasteiger partial charge is 0.388 e. The molecule has 1 aromatic carbocycles. The van der Waals surface area contributed by atoms with Gasteiger partial charge in [-0.15, -0.1) is 11.8 Å². The first-order chi connectivity index (χ1) is 10.1.